The predicted octanol–water partition coefficient (Wildman–Crippen LogP) is 1.49. The van der Waals surface area contributed by atoms with Crippen LogP contribution in [0.1, 0.15) is 38.5 Å². The fourth-order valence-corrected chi connectivity index (χ4v) is 2.18. The van der Waals surface area contributed by atoms with Crippen molar-refractivity contribution in [2.75, 3.05) is 20.8 Å². The van der Waals surface area contributed by atoms with Crippen molar-refractivity contribution >= 4 is 5.97 Å². The fourth-order valence-electron chi connectivity index (χ4n) is 2.18. The van der Waals surface area contributed by atoms with Gasteiger partial charge in [0.25, 0.3) is 0 Å². The monoisotopic (exact) mass is 229 g/mol. The zero-order valence-corrected chi connectivity index (χ0v) is 10.3. The van der Waals surface area contributed by atoms with Crippen LogP contribution in [0.15, 0.2) is 0 Å². The van der Waals surface area contributed by atoms with Gasteiger partial charge in [-0.3, -0.25) is 4.79 Å². The van der Waals surface area contributed by atoms with Crippen molar-refractivity contribution in [3.05, 3.63) is 0 Å². The highest BCUT2D eigenvalue weighted by Crippen LogP contribution is 2.21. The number of hydrogen-bond donors (Lipinski definition) is 1. The number of rotatable bonds is 6. The van der Waals surface area contributed by atoms with Gasteiger partial charge in [-0.05, 0) is 26.3 Å². The predicted molar refractivity (Wildman–Crippen MR) is 62.3 cm³/mol. The summed E-state index contributed by atoms with van der Waals surface area (Å²) < 4.78 is 10.4. The topological polar surface area (TPSA) is 47.6 Å². The number of esters is 1. The number of likely N-dealkylation sites (N-methyl/N-ethyl adjacent to an activating group) is 1. The molecule has 1 fully saturated rings. The van der Waals surface area contributed by atoms with E-state index in [1.807, 2.05) is 7.05 Å². The number of carbonyl (C=O) groups is 1. The first-order valence-electron chi connectivity index (χ1n) is 6.13. The molecule has 0 aliphatic heterocycles. The molecule has 0 aromatic heterocycles. The van der Waals surface area contributed by atoms with Crippen molar-refractivity contribution in [3.63, 3.8) is 0 Å². The summed E-state index contributed by atoms with van der Waals surface area (Å²) in [4.78, 5) is 10.9. The highest BCUT2D eigenvalue weighted by atomic mass is 16.5. The summed E-state index contributed by atoms with van der Waals surface area (Å²) >= 11 is 0. The van der Waals surface area contributed by atoms with Crippen LogP contribution in [-0.2, 0) is 14.3 Å². The lowest BCUT2D eigenvalue weighted by atomic mass is 9.92. The molecule has 0 radical (unpaired) electrons. The second-order valence-corrected chi connectivity index (χ2v) is 4.27. The van der Waals surface area contributed by atoms with Crippen molar-refractivity contribution < 1.29 is 14.3 Å². The van der Waals surface area contributed by atoms with E-state index >= 15 is 0 Å². The highest BCUT2D eigenvalue weighted by molar-refractivity contribution is 5.68. The summed E-state index contributed by atoms with van der Waals surface area (Å²) in [6.07, 6.45) is 6.37. The lowest BCUT2D eigenvalue weighted by molar-refractivity contribution is -0.141. The maximum atomic E-state index is 10.9. The van der Waals surface area contributed by atoms with Crippen LogP contribution in [0, 0.1) is 0 Å². The summed E-state index contributed by atoms with van der Waals surface area (Å²) in [5.74, 6) is -0.155. The summed E-state index contributed by atoms with van der Waals surface area (Å²) in [5.41, 5.74) is 0. The third-order valence-corrected chi connectivity index (χ3v) is 3.16. The first-order valence-corrected chi connectivity index (χ1v) is 6.13. The van der Waals surface area contributed by atoms with E-state index in [1.165, 1.54) is 26.4 Å². The van der Waals surface area contributed by atoms with Gasteiger partial charge in [-0.15, -0.1) is 0 Å². The number of methoxy groups -OCH3 is 1. The SMILES string of the molecule is CNC1CCCCC1OCCCC(=O)OC. The van der Waals surface area contributed by atoms with Gasteiger partial charge in [0, 0.05) is 19.1 Å². The van der Waals surface area contributed by atoms with Crippen molar-refractivity contribution in [2.45, 2.75) is 50.7 Å². The van der Waals surface area contributed by atoms with Gasteiger partial charge >= 0.3 is 5.97 Å². The summed E-state index contributed by atoms with van der Waals surface area (Å²) in [6, 6.07) is 0.479. The quantitative estimate of drug-likeness (QED) is 0.553. The summed E-state index contributed by atoms with van der Waals surface area (Å²) in [7, 11) is 3.40. The van der Waals surface area contributed by atoms with Crippen molar-refractivity contribution in [2.24, 2.45) is 0 Å². The molecule has 94 valence electrons. The number of carbonyl (C=O) groups excluding carboxylic acids is 1. The van der Waals surface area contributed by atoms with Gasteiger partial charge in [0.1, 0.15) is 0 Å². The Kier molecular flexibility index (Phi) is 6.42. The summed E-state index contributed by atoms with van der Waals surface area (Å²) in [6.45, 7) is 0.651. The highest BCUT2D eigenvalue weighted by Gasteiger charge is 2.23. The van der Waals surface area contributed by atoms with E-state index in [-0.39, 0.29) is 5.97 Å². The largest absolute Gasteiger partial charge is 0.469 e. The van der Waals surface area contributed by atoms with Crippen LogP contribution >= 0.6 is 0 Å². The molecule has 0 bridgehead atoms. The third kappa shape index (κ3) is 4.49. The second kappa shape index (κ2) is 7.63. The molecule has 0 aromatic rings. The Hall–Kier alpha value is -0.610. The fraction of sp³-hybridized carbons (Fsp3) is 0.917. The first-order chi connectivity index (χ1) is 7.77. The van der Waals surface area contributed by atoms with Crippen molar-refractivity contribution in [1.29, 1.82) is 0 Å². The van der Waals surface area contributed by atoms with Gasteiger partial charge in [0.15, 0.2) is 0 Å². The normalized spacial score (nSPS) is 25.4. The molecule has 2 unspecified atom stereocenters. The smallest absolute Gasteiger partial charge is 0.305 e. The van der Waals surface area contributed by atoms with E-state index < -0.39 is 0 Å². The van der Waals surface area contributed by atoms with Gasteiger partial charge in [0.05, 0.1) is 13.2 Å². The van der Waals surface area contributed by atoms with Gasteiger partial charge in [0.2, 0.25) is 0 Å². The average molecular weight is 229 g/mol. The van der Waals surface area contributed by atoms with Crippen LogP contribution in [0.4, 0.5) is 0 Å². The minimum Gasteiger partial charge on any atom is -0.469 e. The van der Waals surface area contributed by atoms with E-state index in [0.29, 0.717) is 25.2 Å². The van der Waals surface area contributed by atoms with E-state index in [9.17, 15) is 4.79 Å². The van der Waals surface area contributed by atoms with Gasteiger partial charge in [-0.2, -0.15) is 0 Å². The molecule has 1 saturated carbocycles. The van der Waals surface area contributed by atoms with E-state index in [1.54, 1.807) is 0 Å². The van der Waals surface area contributed by atoms with Gasteiger partial charge in [-0.25, -0.2) is 0 Å². The van der Waals surface area contributed by atoms with E-state index in [0.717, 1.165) is 12.8 Å². The van der Waals surface area contributed by atoms with Crippen LogP contribution in [0.2, 0.25) is 0 Å². The Balaban J connectivity index is 2.13. The van der Waals surface area contributed by atoms with Crippen molar-refractivity contribution in [1.82, 2.24) is 5.32 Å². The van der Waals surface area contributed by atoms with Crippen LogP contribution in [-0.4, -0.2) is 38.9 Å². The van der Waals surface area contributed by atoms with Gasteiger partial charge in [-0.1, -0.05) is 12.8 Å². The van der Waals surface area contributed by atoms with E-state index in [4.69, 9.17) is 4.74 Å². The first kappa shape index (κ1) is 13.5. The van der Waals surface area contributed by atoms with E-state index in [2.05, 4.69) is 10.1 Å². The molecule has 0 heterocycles. The van der Waals surface area contributed by atoms with Crippen LogP contribution < -0.4 is 5.32 Å². The Morgan fingerprint density at radius 2 is 2.12 bits per heavy atom. The molecule has 4 nitrogen and oxygen atoms in total. The zero-order valence-electron chi connectivity index (χ0n) is 10.3. The van der Waals surface area contributed by atoms with Crippen LogP contribution in [0.25, 0.3) is 0 Å². The summed E-state index contributed by atoms with van der Waals surface area (Å²) in [5, 5.41) is 3.30. The molecule has 0 amide bonds. The molecule has 1 N–H and O–H groups in total. The molecule has 1 aliphatic carbocycles. The average Bonchev–Trinajstić information content (AvgIpc) is 2.34. The maximum absolute atomic E-state index is 10.9. The number of hydrogen-bond acceptors (Lipinski definition) is 4. The standard InChI is InChI=1S/C12H23NO3/c1-13-10-6-3-4-7-11(10)16-9-5-8-12(14)15-2/h10-11,13H,3-9H2,1-2H3. The lowest BCUT2D eigenvalue weighted by Crippen LogP contribution is -2.41. The van der Waals surface area contributed by atoms with Crippen LogP contribution in [0.5, 0.6) is 0 Å². The lowest BCUT2D eigenvalue weighted by Gasteiger charge is -2.31. The molecule has 1 rings (SSSR count). The second-order valence-electron chi connectivity index (χ2n) is 4.27. The molecule has 16 heavy (non-hydrogen) atoms. The number of nitrogens with one attached hydrogen (secondary N) is 1. The Bertz CT molecular complexity index is 208. The molecular weight excluding hydrogens is 206 g/mol. The van der Waals surface area contributed by atoms with Crippen LogP contribution in [0.3, 0.4) is 0 Å². The zero-order chi connectivity index (χ0) is 11.8. The molecule has 0 spiro atoms. The Morgan fingerprint density at radius 3 is 2.81 bits per heavy atom. The Morgan fingerprint density at radius 1 is 1.38 bits per heavy atom. The third-order valence-electron chi connectivity index (χ3n) is 3.16. The van der Waals surface area contributed by atoms with Crippen molar-refractivity contribution in [3.8, 4) is 0 Å². The van der Waals surface area contributed by atoms with Gasteiger partial charge < -0.3 is 14.8 Å². The molecule has 0 aromatic carbocycles. The molecule has 2 atom stereocenters. The Labute approximate surface area is 97.7 Å². The molecule has 1 aliphatic rings. The maximum Gasteiger partial charge on any atom is 0.305 e. The molecule has 4 heteroatoms. The molecule has 0 saturated heterocycles. The minimum absolute atomic E-state index is 0.155. The molecular formula is C12H23NO3. The minimum atomic E-state index is -0.155. The number of ether oxygens (including phenoxy) is 2.